The highest BCUT2D eigenvalue weighted by atomic mass is 79.9. The van der Waals surface area contributed by atoms with Crippen LogP contribution in [0.3, 0.4) is 0 Å². The van der Waals surface area contributed by atoms with Gasteiger partial charge in [-0.2, -0.15) is 5.10 Å². The van der Waals surface area contributed by atoms with Crippen LogP contribution in [0.2, 0.25) is 0 Å². The van der Waals surface area contributed by atoms with E-state index in [2.05, 4.69) is 44.1 Å². The molecule has 1 aliphatic rings. The fourth-order valence-corrected chi connectivity index (χ4v) is 4.74. The highest BCUT2D eigenvalue weighted by Gasteiger charge is 2.30. The van der Waals surface area contributed by atoms with Crippen LogP contribution >= 0.6 is 27.3 Å². The zero-order valence-corrected chi connectivity index (χ0v) is 14.1. The summed E-state index contributed by atoms with van der Waals surface area (Å²) < 4.78 is 3.11. The van der Waals surface area contributed by atoms with Gasteiger partial charge in [-0.1, -0.05) is 6.92 Å². The molecule has 0 saturated carbocycles. The van der Waals surface area contributed by atoms with Gasteiger partial charge in [0.05, 0.1) is 22.4 Å². The van der Waals surface area contributed by atoms with Gasteiger partial charge >= 0.3 is 0 Å². The Morgan fingerprint density at radius 2 is 2.45 bits per heavy atom. The number of hydrogen-bond acceptors (Lipinski definition) is 3. The van der Waals surface area contributed by atoms with E-state index in [9.17, 15) is 0 Å². The zero-order chi connectivity index (χ0) is 14.1. The van der Waals surface area contributed by atoms with Gasteiger partial charge in [0.15, 0.2) is 0 Å². The van der Waals surface area contributed by atoms with Crippen LogP contribution in [0.1, 0.15) is 54.3 Å². The number of nitrogens with zero attached hydrogens (tertiary/aromatic N) is 2. The molecule has 0 aliphatic heterocycles. The molecule has 0 radical (unpaired) electrons. The first kappa shape index (κ1) is 14.3. The molecule has 3 rings (SSSR count). The van der Waals surface area contributed by atoms with Crippen molar-refractivity contribution in [3.63, 3.8) is 0 Å². The maximum Gasteiger partial charge on any atom is 0.0699 e. The Bertz CT molecular complexity index is 590. The second-order valence-corrected chi connectivity index (χ2v) is 7.28. The molecule has 0 saturated heterocycles. The van der Waals surface area contributed by atoms with Crippen molar-refractivity contribution >= 4 is 27.3 Å². The van der Waals surface area contributed by atoms with Gasteiger partial charge in [0.25, 0.3) is 0 Å². The lowest BCUT2D eigenvalue weighted by atomic mass is 9.81. The molecule has 2 aromatic heterocycles. The lowest BCUT2D eigenvalue weighted by Crippen LogP contribution is -2.26. The molecule has 0 bridgehead atoms. The van der Waals surface area contributed by atoms with E-state index in [1.54, 1.807) is 0 Å². The second kappa shape index (κ2) is 6.00. The average Bonchev–Trinajstić information content (AvgIpc) is 3.05. The van der Waals surface area contributed by atoms with Gasteiger partial charge in [0.2, 0.25) is 0 Å². The molecule has 5 heteroatoms. The summed E-state index contributed by atoms with van der Waals surface area (Å²) in [7, 11) is 0. The third-order valence-electron chi connectivity index (χ3n) is 4.12. The number of aromatic nitrogens is 2. The monoisotopic (exact) mass is 353 g/mol. The van der Waals surface area contributed by atoms with Crippen LogP contribution in [0.15, 0.2) is 22.1 Å². The fourth-order valence-electron chi connectivity index (χ4n) is 3.18. The second-order valence-electron chi connectivity index (χ2n) is 5.42. The third kappa shape index (κ3) is 2.47. The zero-order valence-electron chi connectivity index (χ0n) is 11.7. The summed E-state index contributed by atoms with van der Waals surface area (Å²) in [6.07, 6.45) is 6.58. The summed E-state index contributed by atoms with van der Waals surface area (Å²) in [5, 5.41) is 6.66. The Morgan fingerprint density at radius 3 is 3.25 bits per heavy atom. The van der Waals surface area contributed by atoms with Crippen LogP contribution in [-0.2, 0) is 13.0 Å². The number of aryl methyl sites for hydroxylation is 2. The van der Waals surface area contributed by atoms with Gasteiger partial charge in [-0.25, -0.2) is 0 Å². The maximum atomic E-state index is 6.63. The molecule has 3 nitrogen and oxygen atoms in total. The molecule has 2 atom stereocenters. The molecule has 1 aliphatic carbocycles. The Labute approximate surface area is 132 Å². The summed E-state index contributed by atoms with van der Waals surface area (Å²) in [4.78, 5) is 1.52. The SMILES string of the molecule is CCCn1ncc(Br)c1C(N)C1CCCc2sccc21. The maximum absolute atomic E-state index is 6.63. The number of halogens is 1. The van der Waals surface area contributed by atoms with Crippen LogP contribution in [0.5, 0.6) is 0 Å². The van der Waals surface area contributed by atoms with Gasteiger partial charge < -0.3 is 5.73 Å². The van der Waals surface area contributed by atoms with Crippen molar-refractivity contribution in [1.29, 1.82) is 0 Å². The van der Waals surface area contributed by atoms with Gasteiger partial charge in [0.1, 0.15) is 0 Å². The normalized spacial score (nSPS) is 19.9. The Hall–Kier alpha value is -0.650. The van der Waals surface area contributed by atoms with Crippen LogP contribution < -0.4 is 5.73 Å². The summed E-state index contributed by atoms with van der Waals surface area (Å²) in [5.74, 6) is 0.425. The van der Waals surface area contributed by atoms with Crippen molar-refractivity contribution in [1.82, 2.24) is 9.78 Å². The topological polar surface area (TPSA) is 43.8 Å². The smallest absolute Gasteiger partial charge is 0.0699 e. The lowest BCUT2D eigenvalue weighted by molar-refractivity contribution is 0.441. The van der Waals surface area contributed by atoms with E-state index in [-0.39, 0.29) is 6.04 Å². The Kier molecular flexibility index (Phi) is 4.29. The van der Waals surface area contributed by atoms with E-state index in [0.29, 0.717) is 5.92 Å². The Balaban J connectivity index is 1.94. The molecule has 2 heterocycles. The van der Waals surface area contributed by atoms with Crippen molar-refractivity contribution in [2.24, 2.45) is 5.73 Å². The molecule has 108 valence electrons. The van der Waals surface area contributed by atoms with Crippen LogP contribution in [-0.4, -0.2) is 9.78 Å². The van der Waals surface area contributed by atoms with Gasteiger partial charge in [0, 0.05) is 17.3 Å². The number of hydrogen-bond donors (Lipinski definition) is 1. The molecule has 2 aromatic rings. The van der Waals surface area contributed by atoms with E-state index in [1.807, 2.05) is 17.5 Å². The number of thiophene rings is 1. The molecule has 0 fully saturated rings. The van der Waals surface area contributed by atoms with Crippen LogP contribution in [0.4, 0.5) is 0 Å². The van der Waals surface area contributed by atoms with E-state index >= 15 is 0 Å². The molecular formula is C15H20BrN3S. The summed E-state index contributed by atoms with van der Waals surface area (Å²) in [6.45, 7) is 3.10. The largest absolute Gasteiger partial charge is 0.322 e. The number of fused-ring (bicyclic) bond motifs is 1. The number of nitrogens with two attached hydrogens (primary N) is 1. The number of rotatable bonds is 4. The van der Waals surface area contributed by atoms with Gasteiger partial charge in [-0.05, 0) is 58.6 Å². The van der Waals surface area contributed by atoms with Crippen LogP contribution in [0.25, 0.3) is 0 Å². The summed E-state index contributed by atoms with van der Waals surface area (Å²) >= 11 is 5.50. The molecule has 0 amide bonds. The van der Waals surface area contributed by atoms with Crippen molar-refractivity contribution in [2.45, 2.75) is 51.1 Å². The molecule has 2 N–H and O–H groups in total. The minimum Gasteiger partial charge on any atom is -0.322 e. The first-order chi connectivity index (χ1) is 9.72. The molecule has 2 unspecified atom stereocenters. The van der Waals surface area contributed by atoms with E-state index in [1.165, 1.54) is 29.7 Å². The average molecular weight is 354 g/mol. The van der Waals surface area contributed by atoms with E-state index in [4.69, 9.17) is 5.73 Å². The first-order valence-electron chi connectivity index (χ1n) is 7.25. The predicted molar refractivity (Wildman–Crippen MR) is 87.1 cm³/mol. The first-order valence-corrected chi connectivity index (χ1v) is 8.92. The van der Waals surface area contributed by atoms with Crippen LogP contribution in [0, 0.1) is 0 Å². The highest BCUT2D eigenvalue weighted by Crippen LogP contribution is 2.42. The summed E-state index contributed by atoms with van der Waals surface area (Å²) in [6, 6.07) is 2.28. The minimum atomic E-state index is 0.0204. The van der Waals surface area contributed by atoms with E-state index in [0.717, 1.165) is 23.1 Å². The van der Waals surface area contributed by atoms with Crippen molar-refractivity contribution in [3.05, 3.63) is 38.3 Å². The molecular weight excluding hydrogens is 334 g/mol. The van der Waals surface area contributed by atoms with E-state index < -0.39 is 0 Å². The summed E-state index contributed by atoms with van der Waals surface area (Å²) in [5.41, 5.74) is 9.25. The molecule has 20 heavy (non-hydrogen) atoms. The predicted octanol–water partition coefficient (Wildman–Crippen LogP) is 4.24. The molecule has 0 spiro atoms. The minimum absolute atomic E-state index is 0.0204. The lowest BCUT2D eigenvalue weighted by Gasteiger charge is -2.29. The van der Waals surface area contributed by atoms with Crippen molar-refractivity contribution in [2.75, 3.05) is 0 Å². The quantitative estimate of drug-likeness (QED) is 0.893. The fraction of sp³-hybridized carbons (Fsp3) is 0.533. The van der Waals surface area contributed by atoms with Gasteiger partial charge in [-0.3, -0.25) is 4.68 Å². The van der Waals surface area contributed by atoms with Crippen molar-refractivity contribution < 1.29 is 0 Å². The highest BCUT2D eigenvalue weighted by molar-refractivity contribution is 9.10. The standard InChI is InChI=1S/C15H20BrN3S/c1-2-7-19-15(12(16)9-18-19)14(17)11-4-3-5-13-10(11)6-8-20-13/h6,8-9,11,14H,2-5,7,17H2,1H3. The van der Waals surface area contributed by atoms with Crippen molar-refractivity contribution in [3.8, 4) is 0 Å². The Morgan fingerprint density at radius 1 is 1.60 bits per heavy atom. The third-order valence-corrected chi connectivity index (χ3v) is 5.72. The van der Waals surface area contributed by atoms with Gasteiger partial charge in [-0.15, -0.1) is 11.3 Å². The molecule has 0 aromatic carbocycles.